The van der Waals surface area contributed by atoms with Gasteiger partial charge in [-0.2, -0.15) is 8.42 Å². The SMILES string of the molecule is C=O.O=S(=O)(O)c1cccc2ccccc12.c1cc2cccc3c4cccc5cccc(c(c1)c23)c54. The Kier molecular flexibility index (Phi) is 6.10. The molecule has 0 aliphatic rings. The van der Waals surface area contributed by atoms with Crippen molar-refractivity contribution in [2.75, 3.05) is 0 Å². The summed E-state index contributed by atoms with van der Waals surface area (Å²) >= 11 is 0. The van der Waals surface area contributed by atoms with Crippen LogP contribution in [0.1, 0.15) is 0 Å². The van der Waals surface area contributed by atoms with Crippen LogP contribution in [-0.2, 0) is 14.9 Å². The van der Waals surface area contributed by atoms with Crippen LogP contribution in [0.15, 0.2) is 120 Å². The molecule has 36 heavy (non-hydrogen) atoms. The average molecular weight is 491 g/mol. The van der Waals surface area contributed by atoms with E-state index in [1.54, 1.807) is 30.3 Å². The molecule has 0 amide bonds. The summed E-state index contributed by atoms with van der Waals surface area (Å²) in [7, 11) is -4.13. The number of hydrogen-bond donors (Lipinski definition) is 1. The summed E-state index contributed by atoms with van der Waals surface area (Å²) < 4.78 is 31.0. The first-order valence-corrected chi connectivity index (χ1v) is 12.7. The minimum absolute atomic E-state index is 0.0457. The monoisotopic (exact) mass is 490 g/mol. The largest absolute Gasteiger partial charge is 0.307 e. The predicted molar refractivity (Wildman–Crippen MR) is 149 cm³/mol. The third kappa shape index (κ3) is 3.94. The van der Waals surface area contributed by atoms with Gasteiger partial charge < -0.3 is 4.79 Å². The van der Waals surface area contributed by atoms with Gasteiger partial charge in [-0.1, -0.05) is 109 Å². The van der Waals surface area contributed by atoms with Crippen molar-refractivity contribution in [3.05, 3.63) is 115 Å². The maximum Gasteiger partial charge on any atom is 0.295 e. The standard InChI is InChI=1S/C20H12.C10H8O3S.CH2O/c1-5-13-6-2-11-17-18-12-4-8-14-7-3-10-16(20(14)18)15(9-1)19(13)17;11-14(12,13)10-7-3-5-8-4-1-2-6-9(8)10;1-2/h1-12H;1-7H,(H,11,12,13);1H2. The molecule has 176 valence electrons. The van der Waals surface area contributed by atoms with E-state index >= 15 is 0 Å². The van der Waals surface area contributed by atoms with E-state index in [2.05, 4.69) is 72.8 Å². The van der Waals surface area contributed by atoms with Crippen molar-refractivity contribution in [2.24, 2.45) is 0 Å². The summed E-state index contributed by atoms with van der Waals surface area (Å²) in [6, 6.07) is 38.2. The van der Waals surface area contributed by atoms with Gasteiger partial charge in [0.25, 0.3) is 10.1 Å². The van der Waals surface area contributed by atoms with Crippen LogP contribution in [0.3, 0.4) is 0 Å². The van der Waals surface area contributed by atoms with Crippen LogP contribution in [0, 0.1) is 0 Å². The molecule has 0 saturated carbocycles. The number of fused-ring (bicyclic) bond motifs is 3. The highest BCUT2D eigenvalue weighted by molar-refractivity contribution is 7.86. The van der Waals surface area contributed by atoms with Crippen molar-refractivity contribution in [2.45, 2.75) is 4.90 Å². The molecular formula is C31H22O4S. The van der Waals surface area contributed by atoms with Crippen LogP contribution < -0.4 is 0 Å². The second-order valence-corrected chi connectivity index (χ2v) is 9.76. The molecule has 0 spiro atoms. The van der Waals surface area contributed by atoms with E-state index in [1.807, 2.05) is 12.9 Å². The summed E-state index contributed by atoms with van der Waals surface area (Å²) in [6.07, 6.45) is 0. The first-order valence-electron chi connectivity index (χ1n) is 11.3. The Hall–Kier alpha value is -4.32. The van der Waals surface area contributed by atoms with E-state index in [9.17, 15) is 8.42 Å². The van der Waals surface area contributed by atoms with Gasteiger partial charge in [0.05, 0.1) is 0 Å². The lowest BCUT2D eigenvalue weighted by Gasteiger charge is -2.13. The van der Waals surface area contributed by atoms with Crippen LogP contribution in [0.2, 0.25) is 0 Å². The Morgan fingerprint density at radius 3 is 1.22 bits per heavy atom. The van der Waals surface area contributed by atoms with Gasteiger partial charge in [-0.05, 0) is 54.5 Å². The zero-order valence-electron chi connectivity index (χ0n) is 19.3. The van der Waals surface area contributed by atoms with Crippen molar-refractivity contribution < 1.29 is 17.8 Å². The summed E-state index contributed by atoms with van der Waals surface area (Å²) in [6.45, 7) is 2.00. The lowest BCUT2D eigenvalue weighted by Crippen LogP contribution is -1.98. The molecule has 0 saturated heterocycles. The maximum absolute atomic E-state index is 11.0. The van der Waals surface area contributed by atoms with Gasteiger partial charge in [0.1, 0.15) is 11.7 Å². The first kappa shape index (κ1) is 23.4. The molecule has 0 aliphatic heterocycles. The molecule has 0 atom stereocenters. The average Bonchev–Trinajstić information content (AvgIpc) is 2.92. The lowest BCUT2D eigenvalue weighted by molar-refractivity contribution is -0.0980. The Labute approximate surface area is 208 Å². The van der Waals surface area contributed by atoms with Crippen LogP contribution >= 0.6 is 0 Å². The van der Waals surface area contributed by atoms with Crippen molar-refractivity contribution in [1.82, 2.24) is 0 Å². The van der Waals surface area contributed by atoms with Gasteiger partial charge in [-0.25, -0.2) is 0 Å². The fourth-order valence-electron chi connectivity index (χ4n) is 5.00. The molecule has 0 fully saturated rings. The zero-order chi connectivity index (χ0) is 25.3. The molecule has 0 bridgehead atoms. The number of carbonyl (C=O) groups excluding carboxylic acids is 1. The summed E-state index contributed by atoms with van der Waals surface area (Å²) in [5.74, 6) is 0. The zero-order valence-corrected chi connectivity index (χ0v) is 20.1. The highest BCUT2D eigenvalue weighted by Crippen LogP contribution is 2.39. The van der Waals surface area contributed by atoms with Gasteiger partial charge in [0, 0.05) is 5.39 Å². The van der Waals surface area contributed by atoms with Crippen molar-refractivity contribution in [3.63, 3.8) is 0 Å². The van der Waals surface area contributed by atoms with E-state index in [-0.39, 0.29) is 4.90 Å². The van der Waals surface area contributed by atoms with Crippen molar-refractivity contribution in [1.29, 1.82) is 0 Å². The molecule has 7 aromatic carbocycles. The van der Waals surface area contributed by atoms with Crippen LogP contribution in [-0.4, -0.2) is 19.8 Å². The molecule has 0 aliphatic carbocycles. The fourth-order valence-corrected chi connectivity index (χ4v) is 5.71. The quantitative estimate of drug-likeness (QED) is 0.146. The van der Waals surface area contributed by atoms with Crippen molar-refractivity contribution in [3.8, 4) is 0 Å². The van der Waals surface area contributed by atoms with Crippen molar-refractivity contribution >= 4 is 70.8 Å². The molecule has 0 aromatic heterocycles. The fraction of sp³-hybridized carbons (Fsp3) is 0. The number of carbonyl (C=O) groups is 1. The van der Waals surface area contributed by atoms with Crippen LogP contribution in [0.5, 0.6) is 0 Å². The topological polar surface area (TPSA) is 71.4 Å². The molecule has 5 heteroatoms. The van der Waals surface area contributed by atoms with Gasteiger partial charge in [0.2, 0.25) is 0 Å². The minimum atomic E-state index is -4.13. The minimum Gasteiger partial charge on any atom is -0.307 e. The van der Waals surface area contributed by atoms with E-state index in [1.165, 1.54) is 49.2 Å². The number of rotatable bonds is 1. The third-order valence-electron chi connectivity index (χ3n) is 6.42. The highest BCUT2D eigenvalue weighted by Gasteiger charge is 2.13. The molecule has 0 radical (unpaired) electrons. The van der Waals surface area contributed by atoms with Crippen LogP contribution in [0.4, 0.5) is 0 Å². The molecular weight excluding hydrogens is 468 g/mol. The predicted octanol–water partition coefficient (Wildman–Crippen LogP) is 7.64. The molecule has 7 rings (SSSR count). The first-order chi connectivity index (χ1) is 17.5. The molecule has 0 unspecified atom stereocenters. The summed E-state index contributed by atoms with van der Waals surface area (Å²) in [5.41, 5.74) is 0. The van der Waals surface area contributed by atoms with Crippen LogP contribution in [0.25, 0.3) is 53.9 Å². The molecule has 1 N–H and O–H groups in total. The van der Waals surface area contributed by atoms with Gasteiger partial charge >= 0.3 is 0 Å². The summed E-state index contributed by atoms with van der Waals surface area (Å²) in [4.78, 5) is 7.95. The Bertz CT molecular complexity index is 1780. The van der Waals surface area contributed by atoms with E-state index in [4.69, 9.17) is 9.35 Å². The Morgan fingerprint density at radius 2 is 0.778 bits per heavy atom. The molecule has 7 aromatic rings. The third-order valence-corrected chi connectivity index (χ3v) is 7.33. The lowest BCUT2D eigenvalue weighted by atomic mass is 9.90. The normalized spacial score (nSPS) is 11.4. The number of benzene rings is 7. The molecule has 0 heterocycles. The molecule has 4 nitrogen and oxygen atoms in total. The number of hydrogen-bond acceptors (Lipinski definition) is 3. The highest BCUT2D eigenvalue weighted by atomic mass is 32.2. The Balaban J connectivity index is 0.000000147. The van der Waals surface area contributed by atoms with E-state index in [0.29, 0.717) is 5.39 Å². The van der Waals surface area contributed by atoms with Gasteiger partial charge in [-0.15, -0.1) is 0 Å². The van der Waals surface area contributed by atoms with E-state index < -0.39 is 10.1 Å². The smallest absolute Gasteiger partial charge is 0.295 e. The second kappa shape index (κ2) is 9.38. The second-order valence-electron chi connectivity index (χ2n) is 8.37. The van der Waals surface area contributed by atoms with Gasteiger partial charge in [0.15, 0.2) is 0 Å². The maximum atomic E-state index is 11.0. The van der Waals surface area contributed by atoms with Gasteiger partial charge in [-0.3, -0.25) is 4.55 Å². The Morgan fingerprint density at radius 1 is 0.444 bits per heavy atom. The van der Waals surface area contributed by atoms with E-state index in [0.717, 1.165) is 5.39 Å². The summed E-state index contributed by atoms with van der Waals surface area (Å²) in [5, 5.41) is 12.2.